The fourth-order valence-electron chi connectivity index (χ4n) is 2.07. The van der Waals surface area contributed by atoms with Crippen molar-refractivity contribution < 1.29 is 8.42 Å². The zero-order valence-electron chi connectivity index (χ0n) is 11.6. The number of aromatic amines is 1. The predicted octanol–water partition coefficient (Wildman–Crippen LogP) is 0.942. The van der Waals surface area contributed by atoms with E-state index in [-0.39, 0.29) is 6.54 Å². The molecule has 0 saturated carbocycles. The van der Waals surface area contributed by atoms with E-state index in [4.69, 9.17) is 0 Å². The second-order valence-corrected chi connectivity index (χ2v) is 6.15. The second kappa shape index (κ2) is 5.59. The van der Waals surface area contributed by atoms with Crippen LogP contribution in [0.15, 0.2) is 23.4 Å². The number of nitrogens with one attached hydrogen (secondary N) is 3. The maximum atomic E-state index is 12.4. The number of aromatic nitrogens is 3. The molecule has 0 spiro atoms. The van der Waals surface area contributed by atoms with E-state index in [1.54, 1.807) is 33.0 Å². The summed E-state index contributed by atoms with van der Waals surface area (Å²) >= 11 is 0. The van der Waals surface area contributed by atoms with Crippen LogP contribution in [-0.2, 0) is 16.6 Å². The lowest BCUT2D eigenvalue weighted by molar-refractivity contribution is 0.578. The first-order chi connectivity index (χ1) is 9.44. The van der Waals surface area contributed by atoms with Crippen molar-refractivity contribution in [2.45, 2.75) is 25.3 Å². The third kappa shape index (κ3) is 2.97. The molecular formula is C12H17N5O2S. The van der Waals surface area contributed by atoms with Gasteiger partial charge in [-0.1, -0.05) is 0 Å². The van der Waals surface area contributed by atoms with Gasteiger partial charge in [-0.3, -0.25) is 5.10 Å². The Morgan fingerprint density at radius 3 is 2.40 bits per heavy atom. The van der Waals surface area contributed by atoms with Gasteiger partial charge in [0.2, 0.25) is 10.0 Å². The maximum Gasteiger partial charge on any atom is 0.241 e. The van der Waals surface area contributed by atoms with Gasteiger partial charge in [0.15, 0.2) is 0 Å². The van der Waals surface area contributed by atoms with Crippen LogP contribution in [0.5, 0.6) is 0 Å². The maximum absolute atomic E-state index is 12.4. The monoisotopic (exact) mass is 295 g/mol. The summed E-state index contributed by atoms with van der Waals surface area (Å²) in [5.41, 5.74) is 2.27. The predicted molar refractivity (Wildman–Crippen MR) is 75.9 cm³/mol. The molecule has 0 aliphatic carbocycles. The number of hydrogen-bond donors (Lipinski definition) is 3. The van der Waals surface area contributed by atoms with Gasteiger partial charge in [0.05, 0.1) is 11.4 Å². The van der Waals surface area contributed by atoms with Crippen LogP contribution < -0.4 is 10.0 Å². The molecule has 0 bridgehead atoms. The van der Waals surface area contributed by atoms with Crippen molar-refractivity contribution in [2.75, 3.05) is 12.4 Å². The summed E-state index contributed by atoms with van der Waals surface area (Å²) in [5.74, 6) is 0.468. The summed E-state index contributed by atoms with van der Waals surface area (Å²) < 4.78 is 27.3. The summed E-state index contributed by atoms with van der Waals surface area (Å²) in [4.78, 5) is 4.18. The highest BCUT2D eigenvalue weighted by Crippen LogP contribution is 2.24. The van der Waals surface area contributed by atoms with E-state index < -0.39 is 10.0 Å². The van der Waals surface area contributed by atoms with Crippen molar-refractivity contribution >= 4 is 15.7 Å². The fraction of sp³-hybridized carbons (Fsp3) is 0.333. The molecule has 1 aromatic heterocycles. The lowest BCUT2D eigenvalue weighted by Gasteiger charge is -2.13. The molecule has 0 atom stereocenters. The summed E-state index contributed by atoms with van der Waals surface area (Å²) in [6.45, 7) is 3.63. The van der Waals surface area contributed by atoms with E-state index >= 15 is 0 Å². The van der Waals surface area contributed by atoms with E-state index in [2.05, 4.69) is 25.2 Å². The molecule has 20 heavy (non-hydrogen) atoms. The lowest BCUT2D eigenvalue weighted by Crippen LogP contribution is -2.25. The number of hydrogen-bond acceptors (Lipinski definition) is 5. The third-order valence-electron chi connectivity index (χ3n) is 2.91. The number of aryl methyl sites for hydroxylation is 2. The highest BCUT2D eigenvalue weighted by Gasteiger charge is 2.20. The molecule has 2 rings (SSSR count). The van der Waals surface area contributed by atoms with E-state index in [1.165, 1.54) is 6.33 Å². The first-order valence-electron chi connectivity index (χ1n) is 6.07. The van der Waals surface area contributed by atoms with Crippen molar-refractivity contribution in [3.8, 4) is 0 Å². The number of sulfonamides is 1. The van der Waals surface area contributed by atoms with Crippen LogP contribution in [0.1, 0.15) is 17.0 Å². The number of benzene rings is 1. The van der Waals surface area contributed by atoms with Crippen molar-refractivity contribution in [1.82, 2.24) is 19.9 Å². The Balaban J connectivity index is 2.29. The molecule has 108 valence electrons. The summed E-state index contributed by atoms with van der Waals surface area (Å²) in [6.07, 6.45) is 1.34. The molecule has 7 nitrogen and oxygen atoms in total. The molecular weight excluding hydrogens is 278 g/mol. The van der Waals surface area contributed by atoms with Gasteiger partial charge in [-0.25, -0.2) is 18.1 Å². The Hall–Kier alpha value is -1.93. The van der Waals surface area contributed by atoms with Gasteiger partial charge in [-0.05, 0) is 37.1 Å². The normalized spacial score (nSPS) is 11.6. The Kier molecular flexibility index (Phi) is 4.05. The second-order valence-electron chi connectivity index (χ2n) is 4.45. The minimum atomic E-state index is -3.59. The van der Waals surface area contributed by atoms with E-state index in [0.717, 1.165) is 5.69 Å². The molecule has 0 amide bonds. The molecule has 1 heterocycles. The Labute approximate surface area is 117 Å². The first kappa shape index (κ1) is 14.5. The number of rotatable bonds is 5. The molecule has 8 heteroatoms. The topological polar surface area (TPSA) is 99.8 Å². The lowest BCUT2D eigenvalue weighted by atomic mass is 10.1. The van der Waals surface area contributed by atoms with Crippen molar-refractivity contribution in [3.63, 3.8) is 0 Å². The molecule has 0 aliphatic rings. The van der Waals surface area contributed by atoms with Crippen LogP contribution in [0, 0.1) is 13.8 Å². The van der Waals surface area contributed by atoms with Gasteiger partial charge >= 0.3 is 0 Å². The largest absolute Gasteiger partial charge is 0.388 e. The highest BCUT2D eigenvalue weighted by atomic mass is 32.2. The summed E-state index contributed by atoms with van der Waals surface area (Å²) in [6, 6.07) is 3.60. The van der Waals surface area contributed by atoms with Crippen LogP contribution in [-0.4, -0.2) is 30.6 Å². The van der Waals surface area contributed by atoms with Crippen molar-refractivity contribution in [2.24, 2.45) is 0 Å². The summed E-state index contributed by atoms with van der Waals surface area (Å²) in [7, 11) is -1.79. The zero-order chi connectivity index (χ0) is 14.8. The minimum absolute atomic E-state index is 0.0784. The molecule has 0 unspecified atom stereocenters. The van der Waals surface area contributed by atoms with Crippen LogP contribution in [0.3, 0.4) is 0 Å². The number of anilines is 1. The van der Waals surface area contributed by atoms with E-state index in [1.807, 2.05) is 0 Å². The SMILES string of the molecule is CNc1cc(C)c(S(=O)(=O)NCc2ncn[nH]2)c(C)c1. The van der Waals surface area contributed by atoms with Crippen LogP contribution >= 0.6 is 0 Å². The third-order valence-corrected chi connectivity index (χ3v) is 4.62. The van der Waals surface area contributed by atoms with E-state index in [9.17, 15) is 8.42 Å². The molecule has 0 fully saturated rings. The summed E-state index contributed by atoms with van der Waals surface area (Å²) in [5, 5.41) is 9.29. The Morgan fingerprint density at radius 2 is 1.90 bits per heavy atom. The van der Waals surface area contributed by atoms with Crippen molar-refractivity contribution in [1.29, 1.82) is 0 Å². The highest BCUT2D eigenvalue weighted by molar-refractivity contribution is 7.89. The average molecular weight is 295 g/mol. The average Bonchev–Trinajstić information content (AvgIpc) is 2.88. The quantitative estimate of drug-likeness (QED) is 0.762. The van der Waals surface area contributed by atoms with Gasteiger partial charge < -0.3 is 5.32 Å². The molecule has 0 radical (unpaired) electrons. The van der Waals surface area contributed by atoms with E-state index in [0.29, 0.717) is 21.8 Å². The van der Waals surface area contributed by atoms with Crippen molar-refractivity contribution in [3.05, 3.63) is 35.4 Å². The zero-order valence-corrected chi connectivity index (χ0v) is 12.4. The van der Waals surface area contributed by atoms with Gasteiger partial charge in [0, 0.05) is 12.7 Å². The van der Waals surface area contributed by atoms with Crippen LogP contribution in [0.4, 0.5) is 5.69 Å². The molecule has 2 aromatic rings. The van der Waals surface area contributed by atoms with Gasteiger partial charge in [-0.2, -0.15) is 5.10 Å². The van der Waals surface area contributed by atoms with Crippen LogP contribution in [0.2, 0.25) is 0 Å². The first-order valence-corrected chi connectivity index (χ1v) is 7.55. The van der Waals surface area contributed by atoms with Crippen LogP contribution in [0.25, 0.3) is 0 Å². The minimum Gasteiger partial charge on any atom is -0.388 e. The van der Waals surface area contributed by atoms with Gasteiger partial charge in [0.25, 0.3) is 0 Å². The molecule has 3 N–H and O–H groups in total. The number of H-pyrrole nitrogens is 1. The molecule has 0 saturated heterocycles. The smallest absolute Gasteiger partial charge is 0.241 e. The Bertz CT molecular complexity index is 672. The number of nitrogens with zero attached hydrogens (tertiary/aromatic N) is 2. The van der Waals surface area contributed by atoms with Gasteiger partial charge in [0.1, 0.15) is 12.2 Å². The molecule has 0 aliphatic heterocycles. The molecule has 1 aromatic carbocycles. The van der Waals surface area contributed by atoms with Gasteiger partial charge in [-0.15, -0.1) is 0 Å². The Morgan fingerprint density at radius 1 is 1.25 bits per heavy atom. The fourth-order valence-corrected chi connectivity index (χ4v) is 3.51. The standard InChI is InChI=1S/C12H17N5O2S/c1-8-4-10(13-3)5-9(2)12(8)20(18,19)16-6-11-14-7-15-17-11/h4-5,7,13,16H,6H2,1-3H3,(H,14,15,17).